The van der Waals surface area contributed by atoms with E-state index in [9.17, 15) is 13.6 Å². The van der Waals surface area contributed by atoms with Gasteiger partial charge >= 0.3 is 0 Å². The first-order valence-electron chi connectivity index (χ1n) is 15.3. The molecule has 0 spiro atoms. The molecule has 234 valence electrons. The van der Waals surface area contributed by atoms with E-state index in [1.54, 1.807) is 6.92 Å². The smallest absolute Gasteiger partial charge is 0.207 e. The van der Waals surface area contributed by atoms with Gasteiger partial charge in [0.05, 0.1) is 0 Å². The lowest BCUT2D eigenvalue weighted by atomic mass is 10.1. The van der Waals surface area contributed by atoms with E-state index in [1.165, 1.54) is 65.9 Å². The van der Waals surface area contributed by atoms with Crippen molar-refractivity contribution >= 4 is 6.41 Å². The average molecular weight is 584 g/mol. The van der Waals surface area contributed by atoms with Gasteiger partial charge in [-0.1, -0.05) is 86.8 Å². The molecule has 0 radical (unpaired) electrons. The van der Waals surface area contributed by atoms with Gasteiger partial charge in [-0.2, -0.15) is 0 Å². The molecule has 0 saturated heterocycles. The van der Waals surface area contributed by atoms with Crippen molar-refractivity contribution in [2.45, 2.75) is 87.7 Å². The van der Waals surface area contributed by atoms with Gasteiger partial charge in [0.2, 0.25) is 6.41 Å². The summed E-state index contributed by atoms with van der Waals surface area (Å²) in [5.41, 5.74) is 7.41. The second-order valence-electron chi connectivity index (χ2n) is 10.3. The normalized spacial score (nSPS) is 9.98. The summed E-state index contributed by atoms with van der Waals surface area (Å²) in [7, 11) is 0. The summed E-state index contributed by atoms with van der Waals surface area (Å²) in [6, 6.07) is 18.7. The van der Waals surface area contributed by atoms with Gasteiger partial charge in [-0.3, -0.25) is 9.69 Å². The van der Waals surface area contributed by atoms with Crippen LogP contribution in [0.2, 0.25) is 0 Å². The highest BCUT2D eigenvalue weighted by atomic mass is 19.1. The van der Waals surface area contributed by atoms with E-state index < -0.39 is 11.6 Å². The Labute approximate surface area is 254 Å². The number of carbonyl (C=O) groups is 1. The zero-order valence-electron chi connectivity index (χ0n) is 27.3. The zero-order chi connectivity index (χ0) is 31.8. The molecule has 1 amide bonds. The van der Waals surface area contributed by atoms with Crippen LogP contribution < -0.4 is 10.6 Å². The first-order valence-corrected chi connectivity index (χ1v) is 15.3. The van der Waals surface area contributed by atoms with E-state index in [1.807, 2.05) is 13.8 Å². The first-order chi connectivity index (χ1) is 20.2. The van der Waals surface area contributed by atoms with E-state index in [0.29, 0.717) is 5.56 Å². The maximum atomic E-state index is 12.2. The average Bonchev–Trinajstić information content (AvgIpc) is 2.92. The number of carbonyl (C=O) groups excluding carboxylic acids is 1. The van der Waals surface area contributed by atoms with Crippen molar-refractivity contribution in [2.75, 3.05) is 26.2 Å². The Kier molecular flexibility index (Phi) is 22.7. The third-order valence-corrected chi connectivity index (χ3v) is 5.94. The van der Waals surface area contributed by atoms with Crippen LogP contribution in [0.4, 0.5) is 8.78 Å². The number of nitrogens with one attached hydrogen (secondary N) is 2. The predicted octanol–water partition coefficient (Wildman–Crippen LogP) is 8.45. The van der Waals surface area contributed by atoms with Crippen LogP contribution in [0.3, 0.4) is 0 Å². The Morgan fingerprint density at radius 2 is 1.26 bits per heavy atom. The molecule has 0 atom stereocenters. The van der Waals surface area contributed by atoms with Crippen molar-refractivity contribution in [3.05, 3.63) is 106 Å². The lowest BCUT2D eigenvalue weighted by Crippen LogP contribution is -2.24. The fourth-order valence-corrected chi connectivity index (χ4v) is 4.44. The summed E-state index contributed by atoms with van der Waals surface area (Å²) >= 11 is 0. The highest BCUT2D eigenvalue weighted by Crippen LogP contribution is 2.12. The molecule has 0 aliphatic carbocycles. The fourth-order valence-electron chi connectivity index (χ4n) is 4.44. The quantitative estimate of drug-likeness (QED) is 0.157. The first kappa shape index (κ1) is 38.9. The van der Waals surface area contributed by atoms with Crippen LogP contribution in [0.15, 0.2) is 60.7 Å². The molecule has 4 nitrogen and oxygen atoms in total. The molecule has 3 rings (SSSR count). The van der Waals surface area contributed by atoms with Crippen LogP contribution >= 0.6 is 0 Å². The minimum absolute atomic E-state index is 0.521. The van der Waals surface area contributed by atoms with Gasteiger partial charge in [0.15, 0.2) is 0 Å². The van der Waals surface area contributed by atoms with Crippen molar-refractivity contribution in [3.63, 3.8) is 0 Å². The topological polar surface area (TPSA) is 44.4 Å². The summed E-state index contributed by atoms with van der Waals surface area (Å²) in [6.45, 7) is 22.7. The van der Waals surface area contributed by atoms with E-state index in [0.717, 1.165) is 45.1 Å². The number of hydrogen-bond acceptors (Lipinski definition) is 3. The second kappa shape index (κ2) is 24.5. The van der Waals surface area contributed by atoms with Crippen molar-refractivity contribution in [2.24, 2.45) is 0 Å². The molecule has 2 N–H and O–H groups in total. The third kappa shape index (κ3) is 19.9. The third-order valence-electron chi connectivity index (χ3n) is 5.94. The molecule has 42 heavy (non-hydrogen) atoms. The molecule has 0 unspecified atom stereocenters. The van der Waals surface area contributed by atoms with Gasteiger partial charge in [-0.05, 0) is 95.4 Å². The maximum Gasteiger partial charge on any atom is 0.207 e. The zero-order valence-corrected chi connectivity index (χ0v) is 27.3. The van der Waals surface area contributed by atoms with Crippen LogP contribution in [0, 0.1) is 39.3 Å². The summed E-state index contributed by atoms with van der Waals surface area (Å²) in [6.07, 6.45) is 4.18. The van der Waals surface area contributed by atoms with E-state index in [-0.39, 0.29) is 0 Å². The Bertz CT molecular complexity index is 1040. The van der Waals surface area contributed by atoms with Gasteiger partial charge in [-0.15, -0.1) is 0 Å². The minimum Gasteiger partial charge on any atom is -0.359 e. The van der Waals surface area contributed by atoms with Gasteiger partial charge in [0.25, 0.3) is 0 Å². The summed E-state index contributed by atoms with van der Waals surface area (Å²) in [4.78, 5) is 12.5. The van der Waals surface area contributed by atoms with E-state index >= 15 is 0 Å². The number of halogens is 2. The Morgan fingerprint density at radius 1 is 0.714 bits per heavy atom. The molecular weight excluding hydrogens is 528 g/mol. The number of hydrogen-bond donors (Lipinski definition) is 2. The lowest BCUT2D eigenvalue weighted by Gasteiger charge is -2.21. The lowest BCUT2D eigenvalue weighted by molar-refractivity contribution is -0.109. The van der Waals surface area contributed by atoms with Crippen LogP contribution in [0.25, 0.3) is 0 Å². The molecular formula is C36H55F2N3O. The minimum atomic E-state index is -0.521. The highest BCUT2D eigenvalue weighted by Gasteiger charge is 2.04. The van der Waals surface area contributed by atoms with Gasteiger partial charge < -0.3 is 10.6 Å². The Morgan fingerprint density at radius 3 is 1.76 bits per heavy atom. The number of nitrogens with zero attached hydrogens (tertiary/aromatic N) is 1. The number of benzene rings is 3. The molecule has 0 aromatic heterocycles. The predicted molar refractivity (Wildman–Crippen MR) is 176 cm³/mol. The van der Waals surface area contributed by atoms with Crippen molar-refractivity contribution < 1.29 is 13.6 Å². The monoisotopic (exact) mass is 583 g/mol. The second-order valence-corrected chi connectivity index (χ2v) is 10.3. The molecule has 0 heterocycles. The molecule has 6 heteroatoms. The molecule has 0 aliphatic rings. The van der Waals surface area contributed by atoms with Gasteiger partial charge in [0.1, 0.15) is 11.6 Å². The number of aryl methyl sites for hydroxylation is 4. The van der Waals surface area contributed by atoms with Crippen LogP contribution in [-0.4, -0.2) is 37.5 Å². The maximum absolute atomic E-state index is 12.2. The molecule has 3 aromatic rings. The van der Waals surface area contributed by atoms with Gasteiger partial charge in [0, 0.05) is 25.7 Å². The summed E-state index contributed by atoms with van der Waals surface area (Å²) in [5.74, 6) is -1.04. The molecule has 0 fully saturated rings. The number of amides is 1. The van der Waals surface area contributed by atoms with Crippen molar-refractivity contribution in [1.82, 2.24) is 15.5 Å². The van der Waals surface area contributed by atoms with E-state index in [4.69, 9.17) is 0 Å². The van der Waals surface area contributed by atoms with Crippen molar-refractivity contribution in [3.8, 4) is 0 Å². The molecule has 3 aromatic carbocycles. The standard InChI is InChI=1S/C15H25N.C12H18N2O.C7H6F2.C2H6/c1-5-7-16(8-6-2)12-15-10-13(3)9-14(4)11-15;1-11-4-2-5-12(8-11)9-13-6-3-7-14-10-15;1-5-2-6(8)4-7(9)3-5;1-2/h9-11H,5-8,12H2,1-4H3;2,4-5,8,10,13H,3,6-7,9H2,1H3,(H,14,15);2-4H,1H3;1-2H3. The molecule has 0 bridgehead atoms. The van der Waals surface area contributed by atoms with Crippen molar-refractivity contribution in [1.29, 1.82) is 0 Å². The fraction of sp³-hybridized carbons (Fsp3) is 0.472. The Hall–Kier alpha value is -3.09. The SMILES string of the molecule is CC.CCCN(CCC)Cc1cc(C)cc(C)c1.Cc1cc(F)cc(F)c1.Cc1cccc(CNCCCNC=O)c1. The summed E-state index contributed by atoms with van der Waals surface area (Å²) < 4.78 is 24.4. The summed E-state index contributed by atoms with van der Waals surface area (Å²) in [5, 5.41) is 5.97. The molecule has 0 saturated carbocycles. The number of rotatable bonds is 13. The van der Waals surface area contributed by atoms with Crippen LogP contribution in [0.1, 0.15) is 80.3 Å². The largest absolute Gasteiger partial charge is 0.359 e. The molecule has 0 aliphatic heterocycles. The Balaban J connectivity index is 0.000000602. The van der Waals surface area contributed by atoms with E-state index in [2.05, 4.69) is 92.6 Å². The highest BCUT2D eigenvalue weighted by molar-refractivity contribution is 5.45. The van der Waals surface area contributed by atoms with Crippen LogP contribution in [0.5, 0.6) is 0 Å². The van der Waals surface area contributed by atoms with Crippen LogP contribution in [-0.2, 0) is 17.9 Å². The van der Waals surface area contributed by atoms with Gasteiger partial charge in [-0.25, -0.2) is 8.78 Å².